The van der Waals surface area contributed by atoms with Gasteiger partial charge < -0.3 is 5.11 Å². The molecule has 3 aliphatic rings. The number of carboxylic acids is 1. The van der Waals surface area contributed by atoms with Gasteiger partial charge in [-0.05, 0) is 38.0 Å². The molecule has 2 aliphatic carbocycles. The topological polar surface area (TPSA) is 74.7 Å². The van der Waals surface area contributed by atoms with Crippen LogP contribution in [0, 0.1) is 17.8 Å². The van der Waals surface area contributed by atoms with Crippen molar-refractivity contribution in [3.63, 3.8) is 0 Å². The molecule has 1 N–H and O–H groups in total. The number of carboxylic acid groups (broad SMARTS) is 1. The van der Waals surface area contributed by atoms with Gasteiger partial charge in [0.1, 0.15) is 0 Å². The third-order valence-corrected chi connectivity index (χ3v) is 4.56. The van der Waals surface area contributed by atoms with Crippen LogP contribution in [-0.4, -0.2) is 33.8 Å². The first-order valence-electron chi connectivity index (χ1n) is 6.27. The van der Waals surface area contributed by atoms with E-state index in [-0.39, 0.29) is 23.8 Å². The zero-order chi connectivity index (χ0) is 13.0. The molecule has 0 aromatic carbocycles. The summed E-state index contributed by atoms with van der Waals surface area (Å²) in [5, 5.41) is 9.18. The number of carbonyl (C=O) groups is 3. The smallest absolute Gasteiger partial charge is 0.306 e. The number of hydrogen-bond donors (Lipinski definition) is 1. The summed E-state index contributed by atoms with van der Waals surface area (Å²) in [7, 11) is 0. The van der Waals surface area contributed by atoms with Gasteiger partial charge in [-0.1, -0.05) is 0 Å². The molecule has 0 aromatic rings. The highest BCUT2D eigenvalue weighted by Gasteiger charge is 2.53. The lowest BCUT2D eigenvalue weighted by atomic mass is 9.84. The summed E-state index contributed by atoms with van der Waals surface area (Å²) in [5.74, 6) is -1.42. The molecule has 0 saturated heterocycles. The van der Waals surface area contributed by atoms with Crippen LogP contribution in [0.2, 0.25) is 0 Å². The number of rotatable bonds is 2. The number of aliphatic carboxylic acids is 1. The van der Waals surface area contributed by atoms with Gasteiger partial charge in [0.25, 0.3) is 11.8 Å². The average molecular weight is 249 g/mol. The fraction of sp³-hybridized carbons (Fsp3) is 0.615. The number of carbonyl (C=O) groups excluding carboxylic acids is 2. The minimum atomic E-state index is -0.795. The SMILES string of the molecule is CC1=CC(=O)N(C2CC3CC(C(=O)O)C2C3)C1=O. The van der Waals surface area contributed by atoms with Crippen molar-refractivity contribution in [1.29, 1.82) is 0 Å². The summed E-state index contributed by atoms with van der Waals surface area (Å²) in [4.78, 5) is 36.2. The van der Waals surface area contributed by atoms with E-state index in [1.165, 1.54) is 11.0 Å². The zero-order valence-corrected chi connectivity index (χ0v) is 10.1. The maximum atomic E-state index is 11.9. The number of fused-ring (bicyclic) bond motifs is 2. The number of hydrogen-bond acceptors (Lipinski definition) is 3. The summed E-state index contributed by atoms with van der Waals surface area (Å²) in [6, 6.07) is -0.210. The first-order valence-corrected chi connectivity index (χ1v) is 6.27. The Morgan fingerprint density at radius 3 is 2.56 bits per heavy atom. The van der Waals surface area contributed by atoms with E-state index in [2.05, 4.69) is 0 Å². The van der Waals surface area contributed by atoms with Crippen LogP contribution in [0.5, 0.6) is 0 Å². The van der Waals surface area contributed by atoms with Gasteiger partial charge >= 0.3 is 5.97 Å². The minimum Gasteiger partial charge on any atom is -0.481 e. The maximum Gasteiger partial charge on any atom is 0.306 e. The highest BCUT2D eigenvalue weighted by Crippen LogP contribution is 2.51. The second-order valence-electron chi connectivity index (χ2n) is 5.59. The van der Waals surface area contributed by atoms with E-state index in [1.807, 2.05) is 0 Å². The Balaban J connectivity index is 1.85. The summed E-state index contributed by atoms with van der Waals surface area (Å²) in [6.45, 7) is 1.63. The maximum absolute atomic E-state index is 11.9. The van der Waals surface area contributed by atoms with Crippen LogP contribution >= 0.6 is 0 Å². The standard InChI is InChI=1S/C13H15NO4/c1-6-2-11(15)14(12(6)16)10-5-7-3-8(10)9(4-7)13(17)18/h2,7-10H,3-5H2,1H3,(H,17,18). The lowest BCUT2D eigenvalue weighted by molar-refractivity contribution is -0.149. The molecule has 1 heterocycles. The van der Waals surface area contributed by atoms with Crippen molar-refractivity contribution >= 4 is 17.8 Å². The van der Waals surface area contributed by atoms with Crippen LogP contribution in [-0.2, 0) is 14.4 Å². The molecule has 5 nitrogen and oxygen atoms in total. The number of imide groups is 1. The van der Waals surface area contributed by atoms with Gasteiger partial charge in [-0.3, -0.25) is 19.3 Å². The Morgan fingerprint density at radius 1 is 1.33 bits per heavy atom. The van der Waals surface area contributed by atoms with Crippen molar-refractivity contribution < 1.29 is 19.5 Å². The number of amides is 2. The predicted octanol–water partition coefficient (Wildman–Crippen LogP) is 0.801. The van der Waals surface area contributed by atoms with Crippen LogP contribution < -0.4 is 0 Å². The first-order chi connectivity index (χ1) is 8.49. The fourth-order valence-electron chi connectivity index (χ4n) is 3.81. The van der Waals surface area contributed by atoms with Gasteiger partial charge in [-0.25, -0.2) is 0 Å². The Kier molecular flexibility index (Phi) is 2.33. The second kappa shape index (κ2) is 3.67. The van der Waals surface area contributed by atoms with E-state index in [9.17, 15) is 19.5 Å². The molecule has 2 fully saturated rings. The lowest BCUT2D eigenvalue weighted by Crippen LogP contribution is -2.46. The van der Waals surface area contributed by atoms with Crippen molar-refractivity contribution in [2.75, 3.05) is 0 Å². The molecular weight excluding hydrogens is 234 g/mol. The molecule has 4 unspecified atom stereocenters. The largest absolute Gasteiger partial charge is 0.481 e. The Bertz CT molecular complexity index is 481. The molecule has 96 valence electrons. The predicted molar refractivity (Wildman–Crippen MR) is 61.4 cm³/mol. The summed E-state index contributed by atoms with van der Waals surface area (Å²) in [6.07, 6.45) is 3.65. The van der Waals surface area contributed by atoms with Gasteiger partial charge in [0.05, 0.1) is 5.92 Å². The van der Waals surface area contributed by atoms with Crippen molar-refractivity contribution in [2.45, 2.75) is 32.2 Å². The van der Waals surface area contributed by atoms with Crippen molar-refractivity contribution in [2.24, 2.45) is 17.8 Å². The molecular formula is C13H15NO4. The van der Waals surface area contributed by atoms with E-state index in [0.29, 0.717) is 17.9 Å². The van der Waals surface area contributed by atoms with E-state index in [4.69, 9.17) is 0 Å². The van der Waals surface area contributed by atoms with Crippen molar-refractivity contribution in [1.82, 2.24) is 4.90 Å². The molecule has 4 atom stereocenters. The quantitative estimate of drug-likeness (QED) is 0.734. The van der Waals surface area contributed by atoms with Crippen LogP contribution in [0.25, 0.3) is 0 Å². The van der Waals surface area contributed by atoms with Crippen LogP contribution in [0.3, 0.4) is 0 Å². The van der Waals surface area contributed by atoms with Crippen LogP contribution in [0.15, 0.2) is 11.6 Å². The van der Waals surface area contributed by atoms with E-state index >= 15 is 0 Å². The van der Waals surface area contributed by atoms with Crippen molar-refractivity contribution in [3.05, 3.63) is 11.6 Å². The molecule has 3 rings (SSSR count). The Morgan fingerprint density at radius 2 is 2.06 bits per heavy atom. The van der Waals surface area contributed by atoms with E-state index in [1.54, 1.807) is 6.92 Å². The monoisotopic (exact) mass is 249 g/mol. The molecule has 18 heavy (non-hydrogen) atoms. The minimum absolute atomic E-state index is 0.0558. The fourth-order valence-corrected chi connectivity index (χ4v) is 3.81. The highest BCUT2D eigenvalue weighted by molar-refractivity contribution is 6.16. The van der Waals surface area contributed by atoms with Gasteiger partial charge in [0.2, 0.25) is 0 Å². The molecule has 2 bridgehead atoms. The second-order valence-corrected chi connectivity index (χ2v) is 5.59. The number of nitrogens with zero attached hydrogens (tertiary/aromatic N) is 1. The third kappa shape index (κ3) is 1.43. The van der Waals surface area contributed by atoms with Gasteiger partial charge in [0.15, 0.2) is 0 Å². The molecule has 0 aromatic heterocycles. The van der Waals surface area contributed by atoms with Gasteiger partial charge in [-0.2, -0.15) is 0 Å². The van der Waals surface area contributed by atoms with Crippen LogP contribution in [0.1, 0.15) is 26.2 Å². The normalized spacial score (nSPS) is 38.5. The molecule has 5 heteroatoms. The van der Waals surface area contributed by atoms with Gasteiger partial charge in [-0.15, -0.1) is 0 Å². The summed E-state index contributed by atoms with van der Waals surface area (Å²) in [5.41, 5.74) is 0.453. The van der Waals surface area contributed by atoms with Crippen LogP contribution in [0.4, 0.5) is 0 Å². The lowest BCUT2D eigenvalue weighted by Gasteiger charge is -2.33. The van der Waals surface area contributed by atoms with E-state index in [0.717, 1.165) is 12.8 Å². The van der Waals surface area contributed by atoms with Gasteiger partial charge in [0, 0.05) is 17.7 Å². The van der Waals surface area contributed by atoms with Crippen molar-refractivity contribution in [3.8, 4) is 0 Å². The molecule has 2 saturated carbocycles. The zero-order valence-electron chi connectivity index (χ0n) is 10.1. The Hall–Kier alpha value is -1.65. The summed E-state index contributed by atoms with van der Waals surface area (Å²) >= 11 is 0. The first kappa shape index (κ1) is 11.4. The molecule has 0 radical (unpaired) electrons. The molecule has 1 aliphatic heterocycles. The molecule has 2 amide bonds. The average Bonchev–Trinajstić information content (AvgIpc) is 2.93. The highest BCUT2D eigenvalue weighted by atomic mass is 16.4. The van der Waals surface area contributed by atoms with E-state index < -0.39 is 11.9 Å². The third-order valence-electron chi connectivity index (χ3n) is 4.56. The molecule has 0 spiro atoms. The summed E-state index contributed by atoms with van der Waals surface area (Å²) < 4.78 is 0. The Labute approximate surface area is 104 Å².